The standard InChI is InChI=1S/C20H28N6O2S/c1-12(2)17(21)22-20(29)19-24-23-18-13(3)25(8-9-26(18)19)11-14-6-7-15(27-4)10-16(14)28-5/h6-7,10,12-13H,8-9,11H2,1-5H3,(H2,21,22,29)/t13-/m0/s1. The van der Waals surface area contributed by atoms with Crippen molar-refractivity contribution in [2.45, 2.75) is 39.9 Å². The van der Waals surface area contributed by atoms with E-state index in [2.05, 4.69) is 27.0 Å². The maximum absolute atomic E-state index is 5.96. The van der Waals surface area contributed by atoms with Crippen LogP contribution in [0.2, 0.25) is 0 Å². The number of methoxy groups -OCH3 is 2. The Balaban J connectivity index is 1.81. The lowest BCUT2D eigenvalue weighted by atomic mass is 10.1. The zero-order chi connectivity index (χ0) is 21.1. The monoisotopic (exact) mass is 416 g/mol. The van der Waals surface area contributed by atoms with Gasteiger partial charge in [-0.15, -0.1) is 10.2 Å². The lowest BCUT2D eigenvalue weighted by Gasteiger charge is -2.34. The van der Waals surface area contributed by atoms with Crippen molar-refractivity contribution in [1.82, 2.24) is 19.7 Å². The average Bonchev–Trinajstić information content (AvgIpc) is 3.15. The number of amidine groups is 1. The largest absolute Gasteiger partial charge is 0.497 e. The molecule has 2 N–H and O–H groups in total. The van der Waals surface area contributed by atoms with E-state index in [1.807, 2.05) is 36.6 Å². The fourth-order valence-electron chi connectivity index (χ4n) is 3.30. The third-order valence-electron chi connectivity index (χ3n) is 5.19. The zero-order valence-electron chi connectivity index (χ0n) is 17.5. The Labute approximate surface area is 176 Å². The first-order chi connectivity index (χ1) is 13.8. The second-order valence-electron chi connectivity index (χ2n) is 7.35. The molecule has 1 aliphatic heterocycles. The summed E-state index contributed by atoms with van der Waals surface area (Å²) in [5, 5.41) is 8.69. The number of hydrogen-bond acceptors (Lipinski definition) is 6. The van der Waals surface area contributed by atoms with Crippen LogP contribution in [0.15, 0.2) is 23.2 Å². The molecule has 8 nitrogen and oxygen atoms in total. The van der Waals surface area contributed by atoms with Gasteiger partial charge in [-0.1, -0.05) is 32.1 Å². The third-order valence-corrected chi connectivity index (χ3v) is 5.47. The van der Waals surface area contributed by atoms with Gasteiger partial charge in [0.25, 0.3) is 0 Å². The average molecular weight is 417 g/mol. The summed E-state index contributed by atoms with van der Waals surface area (Å²) in [6.07, 6.45) is 0. The van der Waals surface area contributed by atoms with Crippen molar-refractivity contribution in [2.75, 3.05) is 20.8 Å². The van der Waals surface area contributed by atoms with Gasteiger partial charge in [0.1, 0.15) is 17.3 Å². The smallest absolute Gasteiger partial charge is 0.193 e. The van der Waals surface area contributed by atoms with Crippen molar-refractivity contribution in [3.8, 4) is 11.5 Å². The van der Waals surface area contributed by atoms with E-state index >= 15 is 0 Å². The molecule has 1 aromatic carbocycles. The van der Waals surface area contributed by atoms with Crippen molar-refractivity contribution >= 4 is 23.0 Å². The number of nitrogens with two attached hydrogens (primary N) is 1. The first kappa shape index (κ1) is 21.2. The zero-order valence-corrected chi connectivity index (χ0v) is 18.4. The van der Waals surface area contributed by atoms with Crippen LogP contribution in [0.5, 0.6) is 11.5 Å². The van der Waals surface area contributed by atoms with E-state index < -0.39 is 0 Å². The Kier molecular flexibility index (Phi) is 6.49. The highest BCUT2D eigenvalue weighted by molar-refractivity contribution is 7.80. The van der Waals surface area contributed by atoms with Gasteiger partial charge in [-0.2, -0.15) is 0 Å². The molecule has 0 saturated heterocycles. The number of rotatable bonds is 6. The molecule has 0 radical (unpaired) electrons. The molecule has 156 valence electrons. The molecule has 0 fully saturated rings. The highest BCUT2D eigenvalue weighted by Gasteiger charge is 2.29. The van der Waals surface area contributed by atoms with Gasteiger partial charge in [0, 0.05) is 37.2 Å². The maximum atomic E-state index is 5.96. The Bertz CT molecular complexity index is 924. The van der Waals surface area contributed by atoms with Crippen LogP contribution in [0.25, 0.3) is 0 Å². The van der Waals surface area contributed by atoms with E-state index in [-0.39, 0.29) is 12.0 Å². The van der Waals surface area contributed by atoms with Crippen molar-refractivity contribution in [3.05, 3.63) is 35.4 Å². The Morgan fingerprint density at radius 3 is 2.69 bits per heavy atom. The summed E-state index contributed by atoms with van der Waals surface area (Å²) in [6, 6.07) is 5.96. The Morgan fingerprint density at radius 2 is 2.03 bits per heavy atom. The predicted octanol–water partition coefficient (Wildman–Crippen LogP) is 2.56. The number of fused-ring (bicyclic) bond motifs is 1. The van der Waals surface area contributed by atoms with Crippen LogP contribution >= 0.6 is 12.2 Å². The molecule has 0 saturated carbocycles. The minimum atomic E-state index is 0.0750. The highest BCUT2D eigenvalue weighted by Crippen LogP contribution is 2.30. The molecular weight excluding hydrogens is 388 g/mol. The van der Waals surface area contributed by atoms with Gasteiger partial charge in [0.15, 0.2) is 16.6 Å². The van der Waals surface area contributed by atoms with Crippen molar-refractivity contribution in [3.63, 3.8) is 0 Å². The molecule has 0 spiro atoms. The number of nitrogens with zero attached hydrogens (tertiary/aromatic N) is 5. The van der Waals surface area contributed by atoms with Crippen molar-refractivity contribution in [1.29, 1.82) is 0 Å². The minimum Gasteiger partial charge on any atom is -0.497 e. The molecule has 29 heavy (non-hydrogen) atoms. The number of benzene rings is 1. The summed E-state index contributed by atoms with van der Waals surface area (Å²) >= 11 is 5.45. The molecule has 2 heterocycles. The van der Waals surface area contributed by atoms with Gasteiger partial charge < -0.3 is 19.8 Å². The minimum absolute atomic E-state index is 0.0750. The summed E-state index contributed by atoms with van der Waals surface area (Å²) in [5.74, 6) is 3.70. The van der Waals surface area contributed by atoms with E-state index in [0.29, 0.717) is 16.6 Å². The fourth-order valence-corrected chi connectivity index (χ4v) is 3.56. The summed E-state index contributed by atoms with van der Waals surface area (Å²) in [7, 11) is 3.32. The van der Waals surface area contributed by atoms with Gasteiger partial charge >= 0.3 is 0 Å². The molecule has 0 unspecified atom stereocenters. The lowest BCUT2D eigenvalue weighted by Crippen LogP contribution is -2.37. The van der Waals surface area contributed by atoms with E-state index in [1.54, 1.807) is 14.2 Å². The summed E-state index contributed by atoms with van der Waals surface area (Å²) in [4.78, 5) is 7.06. The third kappa shape index (κ3) is 4.40. The van der Waals surface area contributed by atoms with Gasteiger partial charge in [0.05, 0.1) is 20.3 Å². The molecule has 1 aliphatic rings. The molecule has 2 aromatic rings. The highest BCUT2D eigenvalue weighted by atomic mass is 32.1. The maximum Gasteiger partial charge on any atom is 0.193 e. The second-order valence-corrected chi connectivity index (χ2v) is 7.74. The van der Waals surface area contributed by atoms with Crippen LogP contribution in [0.4, 0.5) is 0 Å². The van der Waals surface area contributed by atoms with E-state index in [0.717, 1.165) is 42.5 Å². The fraction of sp³-hybridized carbons (Fsp3) is 0.500. The molecule has 0 amide bonds. The van der Waals surface area contributed by atoms with Gasteiger partial charge in [-0.3, -0.25) is 4.90 Å². The van der Waals surface area contributed by atoms with Crippen LogP contribution in [0.3, 0.4) is 0 Å². The number of thiocarbonyl (C=S) groups is 1. The first-order valence-electron chi connectivity index (χ1n) is 9.62. The Hall–Kier alpha value is -2.52. The number of aliphatic imine (C=N–C) groups is 1. The van der Waals surface area contributed by atoms with E-state index in [9.17, 15) is 0 Å². The van der Waals surface area contributed by atoms with Crippen molar-refractivity contribution in [2.24, 2.45) is 16.6 Å². The van der Waals surface area contributed by atoms with Crippen LogP contribution in [0, 0.1) is 5.92 Å². The quantitative estimate of drug-likeness (QED) is 0.440. The molecule has 1 aromatic heterocycles. The predicted molar refractivity (Wildman–Crippen MR) is 117 cm³/mol. The van der Waals surface area contributed by atoms with Crippen LogP contribution in [0.1, 0.15) is 44.0 Å². The SMILES string of the molecule is COc1ccc(CN2CCn3c(C(=S)N=C(N)C(C)C)nnc3[C@@H]2C)c(OC)c1. The Morgan fingerprint density at radius 1 is 1.28 bits per heavy atom. The summed E-state index contributed by atoms with van der Waals surface area (Å²) < 4.78 is 12.9. The van der Waals surface area contributed by atoms with Crippen molar-refractivity contribution < 1.29 is 9.47 Å². The molecule has 0 bridgehead atoms. The lowest BCUT2D eigenvalue weighted by molar-refractivity contribution is 0.154. The van der Waals surface area contributed by atoms with E-state index in [4.69, 9.17) is 27.4 Å². The number of ether oxygens (including phenoxy) is 2. The number of hydrogen-bond donors (Lipinski definition) is 1. The molecule has 9 heteroatoms. The van der Waals surface area contributed by atoms with E-state index in [1.165, 1.54) is 0 Å². The molecular formula is C20H28N6O2S. The van der Waals surface area contributed by atoms with Crippen LogP contribution in [-0.2, 0) is 13.1 Å². The molecule has 3 rings (SSSR count). The van der Waals surface area contributed by atoms with Gasteiger partial charge in [-0.25, -0.2) is 4.99 Å². The molecule has 1 atom stereocenters. The number of aromatic nitrogens is 3. The summed E-state index contributed by atoms with van der Waals surface area (Å²) in [5.41, 5.74) is 7.05. The van der Waals surface area contributed by atoms with Gasteiger partial charge in [0.2, 0.25) is 0 Å². The van der Waals surface area contributed by atoms with Crippen LogP contribution in [-0.4, -0.2) is 51.3 Å². The topological polar surface area (TPSA) is 90.8 Å². The van der Waals surface area contributed by atoms with Crippen LogP contribution < -0.4 is 15.2 Å². The second kappa shape index (κ2) is 8.87. The van der Waals surface area contributed by atoms with Gasteiger partial charge in [-0.05, 0) is 13.0 Å². The first-order valence-corrected chi connectivity index (χ1v) is 10.0. The summed E-state index contributed by atoms with van der Waals surface area (Å²) in [6.45, 7) is 8.38. The normalized spacial score (nSPS) is 17.3. The molecule has 0 aliphatic carbocycles.